The lowest BCUT2D eigenvalue weighted by atomic mass is 9.86. The van der Waals surface area contributed by atoms with Gasteiger partial charge in [-0.1, -0.05) is 22.9 Å². The molecule has 1 aliphatic rings. The van der Waals surface area contributed by atoms with Crippen LogP contribution in [0.25, 0.3) is 11.1 Å². The van der Waals surface area contributed by atoms with E-state index in [1.165, 1.54) is 4.57 Å². The summed E-state index contributed by atoms with van der Waals surface area (Å²) in [6.45, 7) is 8.61. The molecular weight excluding hydrogens is 466 g/mol. The van der Waals surface area contributed by atoms with Crippen molar-refractivity contribution in [2.24, 2.45) is 0 Å². The van der Waals surface area contributed by atoms with E-state index in [1.54, 1.807) is 45.9 Å². The van der Waals surface area contributed by atoms with Gasteiger partial charge in [-0.3, -0.25) is 14.4 Å². The second-order valence-corrected chi connectivity index (χ2v) is 8.84. The van der Waals surface area contributed by atoms with Crippen LogP contribution >= 0.6 is 15.9 Å². The van der Waals surface area contributed by atoms with E-state index in [1.807, 2.05) is 6.92 Å². The zero-order valence-electron chi connectivity index (χ0n) is 18.1. The van der Waals surface area contributed by atoms with E-state index in [4.69, 9.17) is 9.47 Å². The van der Waals surface area contributed by atoms with E-state index in [9.17, 15) is 19.2 Å². The summed E-state index contributed by atoms with van der Waals surface area (Å²) in [5.41, 5.74) is 0.809. The summed E-state index contributed by atoms with van der Waals surface area (Å²) in [6.07, 6.45) is 0.606. The van der Waals surface area contributed by atoms with Crippen molar-refractivity contribution in [3.8, 4) is 11.1 Å². The Kier molecular flexibility index (Phi) is 6.23. The fraction of sp³-hybridized carbons (Fsp3) is 0.391. The monoisotopic (exact) mass is 489 g/mol. The van der Waals surface area contributed by atoms with Gasteiger partial charge in [0.15, 0.2) is 0 Å². The van der Waals surface area contributed by atoms with Crippen LogP contribution in [0.3, 0.4) is 0 Å². The molecule has 0 spiro atoms. The molecule has 0 saturated heterocycles. The lowest BCUT2D eigenvalue weighted by Crippen LogP contribution is -2.31. The quantitative estimate of drug-likeness (QED) is 0.437. The largest absolute Gasteiger partial charge is 0.462 e. The van der Waals surface area contributed by atoms with Crippen molar-refractivity contribution in [2.75, 3.05) is 6.61 Å². The highest BCUT2D eigenvalue weighted by Crippen LogP contribution is 2.41. The standard InChI is InChI=1S/C23H24BrNO6/c1-6-23(4,5)31-16(26)11-25-12(3)17(22(29)30-7-2)18-15-10-13(24)8-9-14(15)20(27)21(28)19(18)25/h8-10H,6-7,11H2,1-5H3. The molecule has 8 heteroatoms. The van der Waals surface area contributed by atoms with Crippen molar-refractivity contribution < 1.29 is 28.7 Å². The first-order chi connectivity index (χ1) is 14.5. The Balaban J connectivity index is 2.25. The molecule has 0 atom stereocenters. The van der Waals surface area contributed by atoms with Crippen LogP contribution in [-0.4, -0.2) is 40.3 Å². The first kappa shape index (κ1) is 22.9. The van der Waals surface area contributed by atoms with Crippen molar-refractivity contribution in [1.82, 2.24) is 4.57 Å². The van der Waals surface area contributed by atoms with E-state index in [2.05, 4.69) is 15.9 Å². The number of aromatic nitrogens is 1. The number of hydrogen-bond acceptors (Lipinski definition) is 6. The molecule has 3 rings (SSSR count). The van der Waals surface area contributed by atoms with E-state index in [0.29, 0.717) is 27.7 Å². The second-order valence-electron chi connectivity index (χ2n) is 7.93. The van der Waals surface area contributed by atoms with E-state index >= 15 is 0 Å². The number of hydrogen-bond donors (Lipinski definition) is 0. The van der Waals surface area contributed by atoms with Crippen molar-refractivity contribution >= 4 is 39.4 Å². The van der Waals surface area contributed by atoms with Crippen LogP contribution in [0.15, 0.2) is 22.7 Å². The Hall–Kier alpha value is -2.74. The van der Waals surface area contributed by atoms with Crippen molar-refractivity contribution in [2.45, 2.75) is 53.2 Å². The normalized spacial score (nSPS) is 13.0. The van der Waals surface area contributed by atoms with Gasteiger partial charge in [-0.2, -0.15) is 0 Å². The van der Waals surface area contributed by atoms with Gasteiger partial charge >= 0.3 is 11.9 Å². The van der Waals surface area contributed by atoms with Gasteiger partial charge in [0, 0.05) is 21.3 Å². The molecule has 31 heavy (non-hydrogen) atoms. The minimum atomic E-state index is -0.772. The molecule has 2 aromatic rings. The molecule has 0 radical (unpaired) electrons. The molecule has 0 aliphatic heterocycles. The fourth-order valence-electron chi connectivity index (χ4n) is 3.58. The molecule has 0 unspecified atom stereocenters. The first-order valence-electron chi connectivity index (χ1n) is 10.0. The smallest absolute Gasteiger partial charge is 0.340 e. The number of halogens is 1. The third-order valence-corrected chi connectivity index (χ3v) is 5.94. The molecule has 0 bridgehead atoms. The Labute approximate surface area is 188 Å². The Morgan fingerprint density at radius 2 is 1.77 bits per heavy atom. The molecule has 0 saturated carbocycles. The minimum Gasteiger partial charge on any atom is -0.462 e. The zero-order valence-corrected chi connectivity index (χ0v) is 19.7. The molecule has 1 aromatic carbocycles. The average molecular weight is 490 g/mol. The first-order valence-corrected chi connectivity index (χ1v) is 10.8. The van der Waals surface area contributed by atoms with E-state index in [-0.39, 0.29) is 30.0 Å². The van der Waals surface area contributed by atoms with Crippen molar-refractivity contribution in [3.05, 3.63) is 45.2 Å². The predicted molar refractivity (Wildman–Crippen MR) is 117 cm³/mol. The molecule has 164 valence electrons. The fourth-order valence-corrected chi connectivity index (χ4v) is 3.94. The van der Waals surface area contributed by atoms with Gasteiger partial charge in [0.1, 0.15) is 17.8 Å². The number of nitrogens with zero attached hydrogens (tertiary/aromatic N) is 1. The average Bonchev–Trinajstić information content (AvgIpc) is 2.98. The molecule has 1 aromatic heterocycles. The molecule has 1 heterocycles. The highest BCUT2D eigenvalue weighted by Gasteiger charge is 2.40. The van der Waals surface area contributed by atoms with Crippen LogP contribution in [0, 0.1) is 6.92 Å². The summed E-state index contributed by atoms with van der Waals surface area (Å²) in [6, 6.07) is 4.89. The number of esters is 2. The minimum absolute atomic E-state index is 0.00223. The number of ether oxygens (including phenoxy) is 2. The number of fused-ring (bicyclic) bond motifs is 3. The highest BCUT2D eigenvalue weighted by molar-refractivity contribution is 9.10. The van der Waals surface area contributed by atoms with E-state index < -0.39 is 29.1 Å². The SMILES string of the molecule is CCOC(=O)c1c2c(n(CC(=O)OC(C)(C)CC)c1C)C(=O)C(=O)c1ccc(Br)cc1-2. The summed E-state index contributed by atoms with van der Waals surface area (Å²) >= 11 is 3.38. The summed E-state index contributed by atoms with van der Waals surface area (Å²) in [7, 11) is 0. The molecule has 7 nitrogen and oxygen atoms in total. The Morgan fingerprint density at radius 3 is 2.39 bits per heavy atom. The summed E-state index contributed by atoms with van der Waals surface area (Å²) in [5, 5.41) is 0. The number of ketones is 2. The topological polar surface area (TPSA) is 91.7 Å². The number of rotatable bonds is 6. The van der Waals surface area contributed by atoms with Gasteiger partial charge in [-0.05, 0) is 57.9 Å². The van der Waals surface area contributed by atoms with Crippen LogP contribution in [0.2, 0.25) is 0 Å². The summed E-state index contributed by atoms with van der Waals surface area (Å²) in [4.78, 5) is 51.4. The van der Waals surface area contributed by atoms with Crippen LogP contribution < -0.4 is 0 Å². The van der Waals surface area contributed by atoms with Gasteiger partial charge in [0.2, 0.25) is 5.78 Å². The van der Waals surface area contributed by atoms with Gasteiger partial charge in [-0.25, -0.2) is 4.79 Å². The third-order valence-electron chi connectivity index (χ3n) is 5.45. The van der Waals surface area contributed by atoms with Gasteiger partial charge < -0.3 is 14.0 Å². The number of carbonyl (C=O) groups is 4. The summed E-state index contributed by atoms with van der Waals surface area (Å²) < 4.78 is 12.8. The lowest BCUT2D eigenvalue weighted by Gasteiger charge is -2.24. The summed E-state index contributed by atoms with van der Waals surface area (Å²) in [5.74, 6) is -2.65. The lowest BCUT2D eigenvalue weighted by molar-refractivity contribution is -0.157. The highest BCUT2D eigenvalue weighted by atomic mass is 79.9. The molecule has 1 aliphatic carbocycles. The van der Waals surface area contributed by atoms with Gasteiger partial charge in [0.05, 0.1) is 12.2 Å². The Bertz CT molecular complexity index is 1110. The maximum atomic E-state index is 13.1. The van der Waals surface area contributed by atoms with Crippen LogP contribution in [0.1, 0.15) is 71.0 Å². The van der Waals surface area contributed by atoms with E-state index in [0.717, 1.165) is 0 Å². The maximum Gasteiger partial charge on any atom is 0.340 e. The number of benzene rings is 1. The predicted octanol–water partition coefficient (Wildman–Crippen LogP) is 4.51. The van der Waals surface area contributed by atoms with Gasteiger partial charge in [-0.15, -0.1) is 0 Å². The van der Waals surface area contributed by atoms with Gasteiger partial charge in [0.25, 0.3) is 5.78 Å². The molecule has 0 N–H and O–H groups in total. The third kappa shape index (κ3) is 4.08. The van der Waals surface area contributed by atoms with Crippen LogP contribution in [-0.2, 0) is 20.8 Å². The molecule has 0 amide bonds. The van der Waals surface area contributed by atoms with Crippen LogP contribution in [0.4, 0.5) is 0 Å². The number of Topliss-reactive ketones (excluding diaryl/α,β-unsaturated/α-hetero) is 2. The van der Waals surface area contributed by atoms with Crippen molar-refractivity contribution in [3.63, 3.8) is 0 Å². The number of carbonyl (C=O) groups excluding carboxylic acids is 4. The zero-order chi connectivity index (χ0) is 23.1. The van der Waals surface area contributed by atoms with Crippen molar-refractivity contribution in [1.29, 1.82) is 0 Å². The van der Waals surface area contributed by atoms with Crippen LogP contribution in [0.5, 0.6) is 0 Å². The molecule has 0 fully saturated rings. The molecular formula is C23H24BrNO6. The second kappa shape index (κ2) is 8.42. The maximum absolute atomic E-state index is 13.1. The Morgan fingerprint density at radius 1 is 1.10 bits per heavy atom.